The molecular formula is C19H23FN4O2. The van der Waals surface area contributed by atoms with Crippen LogP contribution in [0.1, 0.15) is 41.9 Å². The number of amides is 1. The van der Waals surface area contributed by atoms with E-state index in [1.54, 1.807) is 6.33 Å². The molecule has 6 nitrogen and oxygen atoms in total. The van der Waals surface area contributed by atoms with Crippen LogP contribution in [0.3, 0.4) is 0 Å². The van der Waals surface area contributed by atoms with E-state index in [2.05, 4.69) is 10.2 Å². The van der Waals surface area contributed by atoms with Crippen molar-refractivity contribution >= 4 is 11.7 Å². The second kappa shape index (κ2) is 8.21. The molecule has 7 heteroatoms. The molecule has 3 rings (SSSR count). The van der Waals surface area contributed by atoms with E-state index in [1.807, 2.05) is 16.5 Å². The van der Waals surface area contributed by atoms with Crippen molar-refractivity contribution in [1.29, 1.82) is 0 Å². The molecule has 1 saturated heterocycles. The van der Waals surface area contributed by atoms with E-state index in [4.69, 9.17) is 0 Å². The fourth-order valence-electron chi connectivity index (χ4n) is 3.30. The van der Waals surface area contributed by atoms with E-state index in [1.165, 1.54) is 24.3 Å². The molecule has 26 heavy (non-hydrogen) atoms. The van der Waals surface area contributed by atoms with Gasteiger partial charge < -0.3 is 9.47 Å². The Morgan fingerprint density at radius 2 is 1.85 bits per heavy atom. The van der Waals surface area contributed by atoms with Gasteiger partial charge >= 0.3 is 0 Å². The third-order valence-electron chi connectivity index (χ3n) is 4.98. The van der Waals surface area contributed by atoms with E-state index in [0.29, 0.717) is 24.6 Å². The van der Waals surface area contributed by atoms with E-state index in [9.17, 15) is 14.0 Å². The van der Waals surface area contributed by atoms with Gasteiger partial charge in [-0.25, -0.2) is 4.39 Å². The van der Waals surface area contributed by atoms with E-state index >= 15 is 0 Å². The molecule has 0 unspecified atom stereocenters. The van der Waals surface area contributed by atoms with Gasteiger partial charge in [-0.2, -0.15) is 0 Å². The first-order chi connectivity index (χ1) is 12.5. The van der Waals surface area contributed by atoms with E-state index < -0.39 is 0 Å². The molecule has 0 bridgehead atoms. The molecule has 1 fully saturated rings. The highest BCUT2D eigenvalue weighted by Gasteiger charge is 2.24. The number of nitrogens with zero attached hydrogens (tertiary/aromatic N) is 4. The van der Waals surface area contributed by atoms with Crippen molar-refractivity contribution in [3.63, 3.8) is 0 Å². The number of carbonyl (C=O) groups is 2. The van der Waals surface area contributed by atoms with Crippen LogP contribution in [0.4, 0.5) is 4.39 Å². The first kappa shape index (κ1) is 18.2. The Morgan fingerprint density at radius 3 is 2.46 bits per heavy atom. The van der Waals surface area contributed by atoms with E-state index in [0.717, 1.165) is 25.1 Å². The van der Waals surface area contributed by atoms with Crippen molar-refractivity contribution in [2.24, 2.45) is 13.0 Å². The molecule has 1 aromatic carbocycles. The minimum atomic E-state index is -0.373. The molecule has 0 saturated carbocycles. The maximum atomic E-state index is 12.9. The highest BCUT2D eigenvalue weighted by atomic mass is 19.1. The van der Waals surface area contributed by atoms with Crippen molar-refractivity contribution in [2.75, 3.05) is 13.1 Å². The van der Waals surface area contributed by atoms with Crippen LogP contribution in [-0.2, 0) is 18.3 Å². The fraction of sp³-hybridized carbons (Fsp3) is 0.474. The maximum absolute atomic E-state index is 12.9. The summed E-state index contributed by atoms with van der Waals surface area (Å²) in [5, 5.41) is 8.02. The molecule has 0 atom stereocenters. The van der Waals surface area contributed by atoms with Gasteiger partial charge in [-0.05, 0) is 43.0 Å². The smallest absolute Gasteiger partial charge is 0.223 e. The molecule has 0 spiro atoms. The number of halogens is 1. The first-order valence-electron chi connectivity index (χ1n) is 8.92. The minimum absolute atomic E-state index is 0.0116. The van der Waals surface area contributed by atoms with Crippen molar-refractivity contribution in [1.82, 2.24) is 19.7 Å². The lowest BCUT2D eigenvalue weighted by Crippen LogP contribution is -2.39. The van der Waals surface area contributed by atoms with Gasteiger partial charge in [0.25, 0.3) is 0 Å². The molecule has 138 valence electrons. The zero-order valence-corrected chi connectivity index (χ0v) is 14.9. The van der Waals surface area contributed by atoms with Crippen molar-refractivity contribution in [3.8, 4) is 0 Å². The average molecular weight is 358 g/mol. The number of hydrogen-bond donors (Lipinski definition) is 0. The van der Waals surface area contributed by atoms with Crippen LogP contribution in [0.5, 0.6) is 0 Å². The number of rotatable bonds is 6. The normalized spacial score (nSPS) is 15.2. The van der Waals surface area contributed by atoms with Gasteiger partial charge in [-0.15, -0.1) is 10.2 Å². The number of Topliss-reactive ketones (excluding diaryl/α,β-unsaturated/α-hetero) is 1. The molecule has 1 aliphatic rings. The number of ketones is 1. The standard InChI is InChI=1S/C19H23FN4O2/c1-23-13-21-22-18(23)12-14-8-10-24(11-9-14)19(26)7-6-17(25)15-2-4-16(20)5-3-15/h2-5,13-14H,6-12H2,1H3. The first-order valence-corrected chi connectivity index (χ1v) is 8.92. The number of carbonyl (C=O) groups excluding carboxylic acids is 2. The summed E-state index contributed by atoms with van der Waals surface area (Å²) in [7, 11) is 1.94. The predicted molar refractivity (Wildman–Crippen MR) is 94.0 cm³/mol. The van der Waals surface area contributed by atoms with Crippen LogP contribution in [0.15, 0.2) is 30.6 Å². The van der Waals surface area contributed by atoms with Crippen molar-refractivity contribution < 1.29 is 14.0 Å². The molecule has 1 amide bonds. The Bertz CT molecular complexity index is 764. The van der Waals surface area contributed by atoms with Crippen LogP contribution < -0.4 is 0 Å². The molecule has 0 radical (unpaired) electrons. The van der Waals surface area contributed by atoms with Gasteiger partial charge in [0.1, 0.15) is 18.0 Å². The lowest BCUT2D eigenvalue weighted by atomic mass is 9.93. The lowest BCUT2D eigenvalue weighted by molar-refractivity contribution is -0.132. The van der Waals surface area contributed by atoms with Gasteiger partial charge in [-0.3, -0.25) is 9.59 Å². The Balaban J connectivity index is 1.43. The number of benzene rings is 1. The van der Waals surface area contributed by atoms with Gasteiger partial charge in [0.15, 0.2) is 5.78 Å². The minimum Gasteiger partial charge on any atom is -0.343 e. The maximum Gasteiger partial charge on any atom is 0.223 e. The molecule has 2 heterocycles. The summed E-state index contributed by atoms with van der Waals surface area (Å²) in [5.41, 5.74) is 0.446. The molecule has 1 aliphatic heterocycles. The van der Waals surface area contributed by atoms with Gasteiger partial charge in [0.05, 0.1) is 0 Å². The van der Waals surface area contributed by atoms with E-state index in [-0.39, 0.29) is 30.3 Å². The second-order valence-corrected chi connectivity index (χ2v) is 6.82. The molecule has 2 aromatic rings. The van der Waals surface area contributed by atoms with Crippen LogP contribution in [0.2, 0.25) is 0 Å². The lowest BCUT2D eigenvalue weighted by Gasteiger charge is -2.31. The van der Waals surface area contributed by atoms with Crippen LogP contribution in [0.25, 0.3) is 0 Å². The number of aryl methyl sites for hydroxylation is 1. The summed E-state index contributed by atoms with van der Waals surface area (Å²) in [6, 6.07) is 5.44. The topological polar surface area (TPSA) is 68.1 Å². The molecule has 1 aromatic heterocycles. The van der Waals surface area contributed by atoms with Crippen LogP contribution in [-0.4, -0.2) is 44.4 Å². The molecular weight excluding hydrogens is 335 g/mol. The predicted octanol–water partition coefficient (Wildman–Crippen LogP) is 2.40. The molecule has 0 N–H and O–H groups in total. The Kier molecular flexibility index (Phi) is 5.75. The zero-order valence-electron chi connectivity index (χ0n) is 14.9. The Morgan fingerprint density at radius 1 is 1.15 bits per heavy atom. The van der Waals surface area contributed by atoms with Gasteiger partial charge in [-0.1, -0.05) is 0 Å². The zero-order chi connectivity index (χ0) is 18.5. The summed E-state index contributed by atoms with van der Waals surface area (Å²) in [4.78, 5) is 26.3. The largest absolute Gasteiger partial charge is 0.343 e. The fourth-order valence-corrected chi connectivity index (χ4v) is 3.30. The second-order valence-electron chi connectivity index (χ2n) is 6.82. The Hall–Kier alpha value is -2.57. The highest BCUT2D eigenvalue weighted by Crippen LogP contribution is 2.21. The number of hydrogen-bond acceptors (Lipinski definition) is 4. The van der Waals surface area contributed by atoms with Crippen molar-refractivity contribution in [2.45, 2.75) is 32.1 Å². The average Bonchev–Trinajstić information content (AvgIpc) is 3.05. The van der Waals surface area contributed by atoms with Crippen LogP contribution in [0, 0.1) is 11.7 Å². The van der Waals surface area contributed by atoms with Crippen molar-refractivity contribution in [3.05, 3.63) is 47.8 Å². The monoisotopic (exact) mass is 358 g/mol. The summed E-state index contributed by atoms with van der Waals surface area (Å²) in [5.74, 6) is 0.984. The van der Waals surface area contributed by atoms with Gasteiger partial charge in [0.2, 0.25) is 5.91 Å². The quantitative estimate of drug-likeness (QED) is 0.744. The van der Waals surface area contributed by atoms with Crippen LogP contribution >= 0.6 is 0 Å². The Labute approximate surface area is 152 Å². The SMILES string of the molecule is Cn1cnnc1CC1CCN(C(=O)CCC(=O)c2ccc(F)cc2)CC1. The number of aromatic nitrogens is 3. The summed E-state index contributed by atoms with van der Waals surface area (Å²) < 4.78 is 14.8. The summed E-state index contributed by atoms with van der Waals surface area (Å²) >= 11 is 0. The summed E-state index contributed by atoms with van der Waals surface area (Å²) in [6.07, 6.45) is 4.80. The summed E-state index contributed by atoms with van der Waals surface area (Å²) in [6.45, 7) is 1.43. The van der Waals surface area contributed by atoms with Gasteiger partial charge in [0, 0.05) is 45.0 Å². The molecule has 0 aliphatic carbocycles. The third kappa shape index (κ3) is 4.53. The third-order valence-corrected chi connectivity index (χ3v) is 4.98. The number of likely N-dealkylation sites (tertiary alicyclic amines) is 1. The highest BCUT2D eigenvalue weighted by molar-refractivity contribution is 5.97. The number of piperidine rings is 1.